The van der Waals surface area contributed by atoms with Crippen LogP contribution < -0.4 is 37.2 Å². The fraction of sp³-hybridized carbons (Fsp3) is 0.449. The van der Waals surface area contributed by atoms with Crippen molar-refractivity contribution in [3.05, 3.63) is 82.9 Å². The van der Waals surface area contributed by atoms with E-state index in [4.69, 9.17) is 4.74 Å². The van der Waals surface area contributed by atoms with Crippen molar-refractivity contribution >= 4 is 85.6 Å². The van der Waals surface area contributed by atoms with Gasteiger partial charge in [-0.1, -0.05) is 48.5 Å². The number of hydrogen-bond acceptors (Lipinski definition) is 15. The van der Waals surface area contributed by atoms with Crippen molar-refractivity contribution in [3.63, 3.8) is 0 Å². The van der Waals surface area contributed by atoms with Crippen molar-refractivity contribution in [2.45, 2.75) is 88.7 Å². The first-order chi connectivity index (χ1) is 34.1. The first-order valence-electron chi connectivity index (χ1n) is 23.5. The maximum absolute atomic E-state index is 13.7. The number of aliphatic hydroxyl groups is 2. The molecule has 6 rings (SSSR count). The Bertz CT molecular complexity index is 2540. The molecule has 0 saturated carbocycles. The number of nitrogens with one attached hydrogen (secondary N) is 7. The van der Waals surface area contributed by atoms with E-state index in [1.807, 2.05) is 67.5 Å². The van der Waals surface area contributed by atoms with Crippen LogP contribution in [-0.4, -0.2) is 150 Å². The van der Waals surface area contributed by atoms with Crippen LogP contribution in [0.2, 0.25) is 0 Å². The highest BCUT2D eigenvalue weighted by atomic mass is 32.2. The quantitative estimate of drug-likeness (QED) is 0.0342. The molecule has 3 aromatic carbocycles. The lowest BCUT2D eigenvalue weighted by Gasteiger charge is -2.21. The van der Waals surface area contributed by atoms with Gasteiger partial charge in [0.2, 0.25) is 35.4 Å². The van der Waals surface area contributed by atoms with E-state index in [0.717, 1.165) is 39.9 Å². The Hall–Kier alpha value is -6.46. The van der Waals surface area contributed by atoms with Gasteiger partial charge in [-0.25, -0.2) is 9.78 Å². The maximum atomic E-state index is 13.7. The zero-order valence-electron chi connectivity index (χ0n) is 40.1. The first-order valence-corrected chi connectivity index (χ1v) is 25.3. The number of unbranched alkanes of at least 4 members (excludes halogenated alkanes) is 2. The van der Waals surface area contributed by atoms with Crippen molar-refractivity contribution in [1.82, 2.24) is 41.8 Å². The average molecular weight is 1020 g/mol. The number of ether oxygens (including phenoxy) is 1. The van der Waals surface area contributed by atoms with Crippen molar-refractivity contribution in [2.75, 3.05) is 58.0 Å². The van der Waals surface area contributed by atoms with E-state index in [0.29, 0.717) is 52.8 Å². The monoisotopic (exact) mass is 1010 g/mol. The van der Waals surface area contributed by atoms with Gasteiger partial charge in [0.1, 0.15) is 40.8 Å². The highest BCUT2D eigenvalue weighted by molar-refractivity contribution is 8.15. The number of aliphatic imine (C=N–C) groups is 1. The third-order valence-corrected chi connectivity index (χ3v) is 14.0. The molecular weight excluding hydrogens is 953 g/mol. The molecule has 4 atom stereocenters. The van der Waals surface area contributed by atoms with Crippen LogP contribution in [-0.2, 0) is 33.5 Å². The highest BCUT2D eigenvalue weighted by Gasteiger charge is 2.31. The summed E-state index contributed by atoms with van der Waals surface area (Å²) in [6.45, 7) is 3.01. The number of hydrogen-bond donors (Lipinski definition) is 9. The molecule has 9 N–H and O–H groups in total. The lowest BCUT2D eigenvalue weighted by molar-refractivity contribution is -0.131. The number of benzene rings is 3. The number of thiazole rings is 1. The molecule has 71 heavy (non-hydrogen) atoms. The molecular formula is C49H62N10O10S2. The number of fused-ring (bicyclic) bond motifs is 4. The Balaban J connectivity index is 0.972. The summed E-state index contributed by atoms with van der Waals surface area (Å²) in [6, 6.07) is 17.2. The van der Waals surface area contributed by atoms with E-state index in [2.05, 4.69) is 47.2 Å². The molecule has 2 heterocycles. The van der Waals surface area contributed by atoms with Crippen molar-refractivity contribution in [2.24, 2.45) is 4.99 Å². The average Bonchev–Trinajstić information content (AvgIpc) is 4.09. The number of carbonyl (C=O) groups excluding carboxylic acids is 7. The van der Waals surface area contributed by atoms with Crippen molar-refractivity contribution in [1.29, 1.82) is 0 Å². The minimum atomic E-state index is -1.57. The van der Waals surface area contributed by atoms with Gasteiger partial charge >= 0.3 is 6.09 Å². The summed E-state index contributed by atoms with van der Waals surface area (Å²) in [5.74, 6) is -3.14. The SMILES string of the molecule is CC(=O)NCCCC[C@H](NC(=O)[C@H](C)NC(=O)CNC(=O)CNC(=O)[C@H](CCCCN(C)C)NC(=O)OCC1c2ccccc2-c2ccccc21)C(=O)Nc1ccc2nc(C3=N[C@@H](C(O)O)CS3)sc2c1. The molecule has 22 heteroatoms. The molecule has 20 nitrogen and oxygen atoms in total. The fourth-order valence-electron chi connectivity index (χ4n) is 8.00. The fourth-order valence-corrected chi connectivity index (χ4v) is 10.2. The van der Waals surface area contributed by atoms with Crippen LogP contribution >= 0.6 is 23.1 Å². The summed E-state index contributed by atoms with van der Waals surface area (Å²) in [5, 5.41) is 38.7. The second kappa shape index (κ2) is 26.1. The maximum Gasteiger partial charge on any atom is 0.407 e. The number of thioether (sulfide) groups is 1. The standard InChI is InChI=1S/C49H62N10O10S2/c1-28(43(63)55-38(17-9-11-21-50-29(2)60)45(65)54-30-19-20-36-40(23-30)71-47(56-36)46-57-39(27-70-46)48(66)67)53-42(62)25-51-41(61)24-52-44(64)37(18-10-12-22-59(3)4)58-49(68)69-26-35-33-15-7-5-13-31(33)32-14-6-8-16-34(32)35/h5-8,13-16,19-20,23,28,35,37-39,48,66-67H,9-12,17-18,21-22,24-27H2,1-4H3,(H,50,60)(H,51,61)(H,52,64)(H,53,62)(H,54,65)(H,55,63)(H,58,68)/t28-,37-,38-,39+/m0/s1. The van der Waals surface area contributed by atoms with Gasteiger partial charge < -0.3 is 57.1 Å². The predicted molar refractivity (Wildman–Crippen MR) is 272 cm³/mol. The van der Waals surface area contributed by atoms with Gasteiger partial charge in [-0.3, -0.25) is 33.8 Å². The van der Waals surface area contributed by atoms with E-state index in [1.165, 1.54) is 36.9 Å². The number of amides is 7. The Labute approximate surface area is 419 Å². The number of carbonyl (C=O) groups is 7. The molecule has 7 amide bonds. The van der Waals surface area contributed by atoms with Gasteiger partial charge in [-0.2, -0.15) is 0 Å². The summed E-state index contributed by atoms with van der Waals surface area (Å²) in [5.41, 5.74) is 5.35. The van der Waals surface area contributed by atoms with Crippen LogP contribution in [0.25, 0.3) is 21.3 Å². The Morgan fingerprint density at radius 2 is 1.44 bits per heavy atom. The molecule has 2 aliphatic rings. The minimum Gasteiger partial charge on any atom is -0.449 e. The van der Waals surface area contributed by atoms with Crippen LogP contribution in [0.4, 0.5) is 10.5 Å². The topological polar surface area (TPSA) is 282 Å². The third kappa shape index (κ3) is 15.8. The molecule has 1 aliphatic carbocycles. The predicted octanol–water partition coefficient (Wildman–Crippen LogP) is 2.58. The molecule has 0 unspecified atom stereocenters. The Kier molecular flexibility index (Phi) is 19.8. The summed E-state index contributed by atoms with van der Waals surface area (Å²) in [7, 11) is 3.87. The smallest absolute Gasteiger partial charge is 0.407 e. The third-order valence-electron chi connectivity index (χ3n) is 11.7. The van der Waals surface area contributed by atoms with Gasteiger partial charge in [0, 0.05) is 30.8 Å². The number of alkyl carbamates (subject to hydrolysis) is 1. The molecule has 0 bridgehead atoms. The van der Waals surface area contributed by atoms with E-state index in [1.54, 1.807) is 18.2 Å². The lowest BCUT2D eigenvalue weighted by Crippen LogP contribution is -2.53. The van der Waals surface area contributed by atoms with Gasteiger partial charge in [-0.05, 0) is 107 Å². The zero-order chi connectivity index (χ0) is 51.0. The van der Waals surface area contributed by atoms with E-state index in [9.17, 15) is 43.8 Å². The Morgan fingerprint density at radius 3 is 2.10 bits per heavy atom. The van der Waals surface area contributed by atoms with Crippen LogP contribution in [0, 0.1) is 0 Å². The molecule has 0 fully saturated rings. The first kappa shape index (κ1) is 53.9. The minimum absolute atomic E-state index is 0.0588. The van der Waals surface area contributed by atoms with Crippen LogP contribution in [0.1, 0.15) is 74.4 Å². The van der Waals surface area contributed by atoms with Crippen molar-refractivity contribution in [3.8, 4) is 11.1 Å². The number of anilines is 1. The highest BCUT2D eigenvalue weighted by Crippen LogP contribution is 2.44. The number of aliphatic hydroxyl groups excluding tert-OH is 1. The van der Waals surface area contributed by atoms with Gasteiger partial charge in [0.15, 0.2) is 6.29 Å². The Morgan fingerprint density at radius 1 is 0.775 bits per heavy atom. The molecule has 0 saturated heterocycles. The normalized spacial score (nSPS) is 15.2. The number of aromatic nitrogens is 1. The van der Waals surface area contributed by atoms with Gasteiger partial charge in [0.25, 0.3) is 0 Å². The molecule has 1 aromatic heterocycles. The summed E-state index contributed by atoms with van der Waals surface area (Å²) >= 11 is 2.71. The van der Waals surface area contributed by atoms with Gasteiger partial charge in [-0.15, -0.1) is 23.1 Å². The molecule has 4 aromatic rings. The number of nitrogens with zero attached hydrogens (tertiary/aromatic N) is 3. The molecule has 0 spiro atoms. The van der Waals surface area contributed by atoms with E-state index in [-0.39, 0.29) is 31.3 Å². The zero-order valence-corrected chi connectivity index (χ0v) is 41.8. The summed E-state index contributed by atoms with van der Waals surface area (Å²) < 4.78 is 6.43. The largest absolute Gasteiger partial charge is 0.449 e. The van der Waals surface area contributed by atoms with Gasteiger partial charge in [0.05, 0.1) is 23.3 Å². The lowest BCUT2D eigenvalue weighted by atomic mass is 9.98. The van der Waals surface area contributed by atoms with Crippen LogP contribution in [0.15, 0.2) is 71.7 Å². The molecule has 380 valence electrons. The molecule has 0 radical (unpaired) electrons. The summed E-state index contributed by atoms with van der Waals surface area (Å²) in [6.07, 6.45) is 0.509. The second-order valence-electron chi connectivity index (χ2n) is 17.6. The number of rotatable bonds is 25. The molecule has 1 aliphatic heterocycles. The van der Waals surface area contributed by atoms with E-state index >= 15 is 0 Å². The van der Waals surface area contributed by atoms with Crippen LogP contribution in [0.3, 0.4) is 0 Å². The second-order valence-corrected chi connectivity index (χ2v) is 19.6. The summed E-state index contributed by atoms with van der Waals surface area (Å²) in [4.78, 5) is 102. The van der Waals surface area contributed by atoms with Crippen molar-refractivity contribution < 1.29 is 48.5 Å². The van der Waals surface area contributed by atoms with E-state index < -0.39 is 79.2 Å². The van der Waals surface area contributed by atoms with Crippen LogP contribution in [0.5, 0.6) is 0 Å².